The van der Waals surface area contributed by atoms with Gasteiger partial charge in [-0.2, -0.15) is 9.49 Å². The number of ether oxygens (including phenoxy) is 1. The van der Waals surface area contributed by atoms with Gasteiger partial charge in [-0.05, 0) is 38.8 Å². The van der Waals surface area contributed by atoms with Gasteiger partial charge in [0.2, 0.25) is 5.95 Å². The van der Waals surface area contributed by atoms with Crippen molar-refractivity contribution in [2.45, 2.75) is 71.2 Å². The highest BCUT2D eigenvalue weighted by molar-refractivity contribution is 7.13. The molecule has 1 fully saturated rings. The summed E-state index contributed by atoms with van der Waals surface area (Å²) < 4.78 is 33.3. The Labute approximate surface area is 283 Å². The maximum absolute atomic E-state index is 13.7. The smallest absolute Gasteiger partial charge is 0.309 e. The summed E-state index contributed by atoms with van der Waals surface area (Å²) in [6.45, 7) is 5.69. The maximum atomic E-state index is 13.7. The van der Waals surface area contributed by atoms with E-state index in [1.165, 1.54) is 35.3 Å². The second kappa shape index (κ2) is 25.6. The van der Waals surface area contributed by atoms with E-state index in [1.807, 2.05) is 6.79 Å². The average molecular weight is 697 g/mol. The molecule has 3 aromatic heterocycles. The van der Waals surface area contributed by atoms with E-state index < -0.39 is 11.8 Å². The molecule has 3 heterocycles. The van der Waals surface area contributed by atoms with Gasteiger partial charge < -0.3 is 36.5 Å². The molecule has 0 bridgehead atoms. The van der Waals surface area contributed by atoms with Gasteiger partial charge in [-0.25, -0.2) is 19.0 Å². The first-order valence-corrected chi connectivity index (χ1v) is 15.7. The third-order valence-corrected chi connectivity index (χ3v) is 6.89. The molecule has 48 heavy (non-hydrogen) atoms. The number of thiazole rings is 1. The minimum absolute atomic E-state index is 0.0253. The van der Waals surface area contributed by atoms with Crippen molar-refractivity contribution in [3.05, 3.63) is 58.8 Å². The zero-order valence-corrected chi connectivity index (χ0v) is 28.5. The highest BCUT2D eigenvalue weighted by Gasteiger charge is 2.14. The number of aromatic nitrogens is 4. The molecule has 1 aliphatic rings. The van der Waals surface area contributed by atoms with Crippen LogP contribution in [0.2, 0.25) is 0 Å². The first-order valence-electron chi connectivity index (χ1n) is 14.8. The van der Waals surface area contributed by atoms with Gasteiger partial charge in [0.1, 0.15) is 23.2 Å². The fraction of sp³-hybridized carbons (Fsp3) is 0.452. The first-order chi connectivity index (χ1) is 23.1. The molecule has 3 aromatic rings. The third kappa shape index (κ3) is 16.4. The highest BCUT2D eigenvalue weighted by atomic mass is 32.1. The first kappa shape index (κ1) is 43.5. The number of aldehydes is 1. The quantitative estimate of drug-likeness (QED) is 0.0893. The Morgan fingerprint density at radius 1 is 1.25 bits per heavy atom. The van der Waals surface area contributed by atoms with Crippen molar-refractivity contribution in [3.63, 3.8) is 0 Å². The Balaban J connectivity index is 0.000000777. The van der Waals surface area contributed by atoms with Gasteiger partial charge in [0.15, 0.2) is 18.8 Å². The van der Waals surface area contributed by atoms with Gasteiger partial charge in [0, 0.05) is 50.2 Å². The third-order valence-electron chi connectivity index (χ3n) is 5.99. The molecule has 4 rings (SSSR count). The van der Waals surface area contributed by atoms with Crippen LogP contribution in [0.1, 0.15) is 68.6 Å². The molecule has 0 spiro atoms. The summed E-state index contributed by atoms with van der Waals surface area (Å²) in [5, 5.41) is 23.9. The fourth-order valence-corrected chi connectivity index (χ4v) is 4.63. The molecule has 0 saturated heterocycles. The highest BCUT2D eigenvalue weighted by Crippen LogP contribution is 2.23. The molecular weight excluding hydrogens is 650 g/mol. The van der Waals surface area contributed by atoms with E-state index in [0.717, 1.165) is 37.6 Å². The lowest BCUT2D eigenvalue weighted by Gasteiger charge is -2.17. The lowest BCUT2D eigenvalue weighted by Crippen LogP contribution is -2.21. The Bertz CT molecular complexity index is 1410. The Kier molecular flexibility index (Phi) is 23.2. The minimum Gasteiger partial charge on any atom is -0.442 e. The molecule has 17 heteroatoms. The minimum atomic E-state index is -0.769. The molecule has 1 unspecified atom stereocenters. The van der Waals surface area contributed by atoms with Gasteiger partial charge in [-0.1, -0.05) is 19.3 Å². The number of aliphatic imine (C=N–C) groups is 1. The van der Waals surface area contributed by atoms with Crippen LogP contribution in [-0.4, -0.2) is 88.1 Å². The number of rotatable bonds is 10. The number of nitrogens with two attached hydrogens (primary N) is 2. The number of aliphatic hydroxyl groups is 2. The average Bonchev–Trinajstić information content (AvgIpc) is 3.78. The summed E-state index contributed by atoms with van der Waals surface area (Å²) in [6, 6.07) is 2.02. The van der Waals surface area contributed by atoms with Gasteiger partial charge in [0.05, 0.1) is 30.1 Å². The summed E-state index contributed by atoms with van der Waals surface area (Å²) in [7, 11) is 2.66. The van der Waals surface area contributed by atoms with Crippen LogP contribution in [0.3, 0.4) is 0 Å². The predicted molar refractivity (Wildman–Crippen MR) is 181 cm³/mol. The number of carbonyl (C=O) groups is 3. The maximum Gasteiger partial charge on any atom is 0.309 e. The number of esters is 1. The van der Waals surface area contributed by atoms with Crippen molar-refractivity contribution in [1.82, 2.24) is 25.1 Å². The van der Waals surface area contributed by atoms with Crippen LogP contribution in [-0.2, 0) is 21.1 Å². The summed E-state index contributed by atoms with van der Waals surface area (Å²) in [4.78, 5) is 42.0. The summed E-state index contributed by atoms with van der Waals surface area (Å²) >= 11 is 1.35. The van der Waals surface area contributed by atoms with Crippen molar-refractivity contribution in [2.75, 3.05) is 20.8 Å². The number of allylic oxidation sites excluding steroid dienone is 1. The lowest BCUT2D eigenvalue weighted by molar-refractivity contribution is -0.148. The van der Waals surface area contributed by atoms with Gasteiger partial charge in [0.25, 0.3) is 0 Å². The van der Waals surface area contributed by atoms with E-state index in [2.05, 4.69) is 25.4 Å². The van der Waals surface area contributed by atoms with Crippen molar-refractivity contribution < 1.29 is 38.1 Å². The van der Waals surface area contributed by atoms with Crippen molar-refractivity contribution in [2.24, 2.45) is 16.5 Å². The normalized spacial score (nSPS) is 13.4. The van der Waals surface area contributed by atoms with Crippen molar-refractivity contribution in [3.8, 4) is 10.6 Å². The number of halogens is 2. The van der Waals surface area contributed by atoms with Gasteiger partial charge >= 0.3 is 5.97 Å². The SMILES string of the molecule is C=O.CC(N)CC(=O)OCn1cc(-c2nc(C=O)cs2)cn1.CCO.CN/C(C=NC1CCCCC1)=C(/N)c1nc(F)ccc1F.CO. The zero-order chi connectivity index (χ0) is 36.5. The molecule has 1 saturated carbocycles. The molecule has 7 N–H and O–H groups in total. The van der Waals surface area contributed by atoms with E-state index >= 15 is 0 Å². The van der Waals surface area contributed by atoms with E-state index in [0.29, 0.717) is 22.7 Å². The summed E-state index contributed by atoms with van der Waals surface area (Å²) in [5.41, 5.74) is 12.8. The van der Waals surface area contributed by atoms with Crippen LogP contribution >= 0.6 is 11.3 Å². The molecular formula is C31H46F2N8O6S. The second-order valence-electron chi connectivity index (χ2n) is 9.72. The molecule has 266 valence electrons. The van der Waals surface area contributed by atoms with Gasteiger partial charge in [-0.3, -0.25) is 14.6 Å². The van der Waals surface area contributed by atoms with Gasteiger partial charge in [-0.15, -0.1) is 11.3 Å². The zero-order valence-electron chi connectivity index (χ0n) is 27.6. The Hall–Kier alpha value is -4.45. The van der Waals surface area contributed by atoms with Crippen LogP contribution in [0.25, 0.3) is 16.3 Å². The van der Waals surface area contributed by atoms with Crippen LogP contribution in [0.15, 0.2) is 40.6 Å². The number of carbonyl (C=O) groups excluding carboxylic acids is 3. The van der Waals surface area contributed by atoms with E-state index in [-0.39, 0.29) is 49.2 Å². The van der Waals surface area contributed by atoms with Crippen LogP contribution in [0, 0.1) is 11.8 Å². The molecule has 0 aromatic carbocycles. The number of nitrogens with one attached hydrogen (secondary N) is 1. The Morgan fingerprint density at radius 3 is 2.46 bits per heavy atom. The lowest BCUT2D eigenvalue weighted by atomic mass is 9.96. The van der Waals surface area contributed by atoms with E-state index in [4.69, 9.17) is 31.2 Å². The van der Waals surface area contributed by atoms with Crippen LogP contribution in [0.4, 0.5) is 8.78 Å². The monoisotopic (exact) mass is 696 g/mol. The number of nitrogens with zero attached hydrogens (tertiary/aromatic N) is 5. The standard InChI is InChI=1S/C15H20F2N4.C12H14N4O3S.C2H6O.CH4O.CH2O/c1-19-12(9-20-10-5-3-2-4-6-10)14(18)15-11(16)7-8-13(17)21-15;1-8(13)2-11(18)19-7-16-4-9(3-14-16)12-15-10(5-17)6-20-12;1-2-3;2*1-2/h7-10,19H,2-6,18H2,1H3;3-6,8H,2,7,13H2,1H3;3H,2H2,1H3;2H,1H3;1H2/b14-12+,20-9?;;;;. The van der Waals surface area contributed by atoms with Crippen LogP contribution in [0.5, 0.6) is 0 Å². The van der Waals surface area contributed by atoms with E-state index in [9.17, 15) is 18.4 Å². The topological polar surface area (TPSA) is 221 Å². The molecule has 0 radical (unpaired) electrons. The molecule has 0 aliphatic heterocycles. The van der Waals surface area contributed by atoms with Crippen molar-refractivity contribution >= 4 is 42.3 Å². The molecule has 0 amide bonds. The largest absolute Gasteiger partial charge is 0.442 e. The number of pyridine rings is 1. The number of hydrogen-bond donors (Lipinski definition) is 5. The number of aliphatic hydroxyl groups excluding tert-OH is 2. The molecule has 14 nitrogen and oxygen atoms in total. The second-order valence-corrected chi connectivity index (χ2v) is 10.6. The Morgan fingerprint density at radius 2 is 1.90 bits per heavy atom. The van der Waals surface area contributed by atoms with E-state index in [1.54, 1.807) is 44.9 Å². The molecule has 1 atom stereocenters. The number of hydrogen-bond acceptors (Lipinski definition) is 14. The predicted octanol–water partition coefficient (Wildman–Crippen LogP) is 3.09. The van der Waals surface area contributed by atoms with Crippen LogP contribution < -0.4 is 16.8 Å². The van der Waals surface area contributed by atoms with Crippen molar-refractivity contribution in [1.29, 1.82) is 0 Å². The molecule has 1 aliphatic carbocycles. The summed E-state index contributed by atoms with van der Waals surface area (Å²) in [5.74, 6) is -1.80. The summed E-state index contributed by atoms with van der Waals surface area (Å²) in [6.07, 6.45) is 11.5. The fourth-order valence-electron chi connectivity index (χ4n) is 3.89.